The second-order valence-electron chi connectivity index (χ2n) is 5.20. The number of benzene rings is 1. The Morgan fingerprint density at radius 3 is 2.55 bits per heavy atom. The van der Waals surface area contributed by atoms with Crippen LogP contribution in [0.25, 0.3) is 6.08 Å². The molecule has 1 aromatic heterocycles. The van der Waals surface area contributed by atoms with E-state index in [9.17, 15) is 4.79 Å². The lowest BCUT2D eigenvalue weighted by molar-refractivity contribution is -0.116. The van der Waals surface area contributed by atoms with Crippen LogP contribution in [-0.4, -0.2) is 10.8 Å². The van der Waals surface area contributed by atoms with Crippen LogP contribution in [-0.2, 0) is 4.79 Å². The average molecular weight is 263 g/mol. The predicted octanol–water partition coefficient (Wildman–Crippen LogP) is 4.00. The van der Waals surface area contributed by atoms with E-state index in [1.807, 2.05) is 54.6 Å². The molecule has 20 heavy (non-hydrogen) atoms. The molecule has 100 valence electrons. The smallest absolute Gasteiger partial charge is 0.159 e. The monoisotopic (exact) mass is 263 g/mol. The highest BCUT2D eigenvalue weighted by Crippen LogP contribution is 2.33. The number of Topliss-reactive ketones (excluding diaryl/α,β-unsaturated/α-hetero) is 1. The van der Waals surface area contributed by atoms with Gasteiger partial charge in [0.25, 0.3) is 0 Å². The molecule has 1 aliphatic rings. The maximum atomic E-state index is 12.3. The summed E-state index contributed by atoms with van der Waals surface area (Å²) in [6, 6.07) is 16.0. The highest BCUT2D eigenvalue weighted by atomic mass is 16.1. The van der Waals surface area contributed by atoms with Gasteiger partial charge in [0.2, 0.25) is 0 Å². The molecule has 1 atom stereocenters. The minimum Gasteiger partial charge on any atom is -0.295 e. The molecule has 0 saturated heterocycles. The van der Waals surface area contributed by atoms with Gasteiger partial charge in [0.05, 0.1) is 0 Å². The van der Waals surface area contributed by atoms with Gasteiger partial charge in [0.1, 0.15) is 0 Å². The summed E-state index contributed by atoms with van der Waals surface area (Å²) < 4.78 is 0. The Kier molecular flexibility index (Phi) is 3.73. The highest BCUT2D eigenvalue weighted by molar-refractivity contribution is 6.00. The van der Waals surface area contributed by atoms with Crippen LogP contribution >= 0.6 is 0 Å². The lowest BCUT2D eigenvalue weighted by atomic mass is 9.82. The Labute approximate surface area is 119 Å². The summed E-state index contributed by atoms with van der Waals surface area (Å²) in [5, 5.41) is 0. The van der Waals surface area contributed by atoms with Crippen LogP contribution in [0.15, 0.2) is 60.3 Å². The van der Waals surface area contributed by atoms with E-state index < -0.39 is 0 Å². The van der Waals surface area contributed by atoms with Gasteiger partial charge in [-0.05, 0) is 42.2 Å². The van der Waals surface area contributed by atoms with E-state index >= 15 is 0 Å². The number of aromatic nitrogens is 1. The zero-order chi connectivity index (χ0) is 13.8. The number of allylic oxidation sites excluding steroid dienone is 1. The molecule has 0 aliphatic heterocycles. The number of pyridine rings is 1. The van der Waals surface area contributed by atoms with Gasteiger partial charge in [-0.2, -0.15) is 0 Å². The fraction of sp³-hybridized carbons (Fsp3) is 0.222. The van der Waals surface area contributed by atoms with Gasteiger partial charge in [0, 0.05) is 24.2 Å². The van der Waals surface area contributed by atoms with E-state index in [1.54, 1.807) is 6.20 Å². The normalized spacial score (nSPS) is 21.1. The summed E-state index contributed by atoms with van der Waals surface area (Å²) in [7, 11) is 0. The van der Waals surface area contributed by atoms with Crippen molar-refractivity contribution in [3.8, 4) is 0 Å². The second-order valence-corrected chi connectivity index (χ2v) is 5.20. The van der Waals surface area contributed by atoms with Crippen LogP contribution in [0.4, 0.5) is 0 Å². The molecular formula is C18H17NO. The fourth-order valence-electron chi connectivity index (χ4n) is 2.70. The molecule has 1 saturated carbocycles. The van der Waals surface area contributed by atoms with Crippen LogP contribution in [0.1, 0.15) is 36.4 Å². The van der Waals surface area contributed by atoms with Crippen molar-refractivity contribution in [1.29, 1.82) is 0 Å². The number of carbonyl (C=O) groups excluding carboxylic acids is 1. The molecule has 2 nitrogen and oxygen atoms in total. The standard InChI is InChI=1S/C18H17NO/c20-18-13-15(17-8-4-5-11-19-17)9-10-16(18)12-14-6-2-1-3-7-14/h1-8,11-12,15H,9-10,13H2/b16-12-. The number of carbonyl (C=O) groups is 1. The van der Waals surface area contributed by atoms with Crippen LogP contribution in [0, 0.1) is 0 Å². The van der Waals surface area contributed by atoms with E-state index in [0.717, 1.165) is 29.7 Å². The maximum absolute atomic E-state index is 12.3. The number of rotatable bonds is 2. The highest BCUT2D eigenvalue weighted by Gasteiger charge is 2.25. The number of hydrogen-bond donors (Lipinski definition) is 0. The Morgan fingerprint density at radius 2 is 1.85 bits per heavy atom. The summed E-state index contributed by atoms with van der Waals surface area (Å²) in [5.41, 5.74) is 3.09. The predicted molar refractivity (Wildman–Crippen MR) is 80.3 cm³/mol. The Bertz CT molecular complexity index is 616. The van der Waals surface area contributed by atoms with Gasteiger partial charge in [-0.3, -0.25) is 9.78 Å². The second kappa shape index (κ2) is 5.83. The number of hydrogen-bond acceptors (Lipinski definition) is 2. The van der Waals surface area contributed by atoms with Gasteiger partial charge in [-0.15, -0.1) is 0 Å². The molecule has 1 aliphatic carbocycles. The van der Waals surface area contributed by atoms with E-state index in [4.69, 9.17) is 0 Å². The van der Waals surface area contributed by atoms with Crippen molar-refractivity contribution in [2.75, 3.05) is 0 Å². The molecule has 0 amide bonds. The third kappa shape index (κ3) is 2.85. The fourth-order valence-corrected chi connectivity index (χ4v) is 2.70. The van der Waals surface area contributed by atoms with Crippen molar-refractivity contribution in [1.82, 2.24) is 4.98 Å². The van der Waals surface area contributed by atoms with E-state index in [1.165, 1.54) is 0 Å². The van der Waals surface area contributed by atoms with Crippen molar-refractivity contribution in [3.05, 3.63) is 71.6 Å². The molecule has 2 aromatic rings. The van der Waals surface area contributed by atoms with Crippen molar-refractivity contribution < 1.29 is 4.79 Å². The van der Waals surface area contributed by atoms with Crippen molar-refractivity contribution in [2.45, 2.75) is 25.2 Å². The lowest BCUT2D eigenvalue weighted by Gasteiger charge is -2.22. The quantitative estimate of drug-likeness (QED) is 0.766. The molecule has 1 fully saturated rings. The van der Waals surface area contributed by atoms with Crippen molar-refractivity contribution in [2.24, 2.45) is 0 Å². The first kappa shape index (κ1) is 12.8. The molecule has 2 heteroatoms. The molecule has 3 rings (SSSR count). The Morgan fingerprint density at radius 1 is 1.05 bits per heavy atom. The zero-order valence-electron chi connectivity index (χ0n) is 11.3. The molecular weight excluding hydrogens is 246 g/mol. The molecule has 1 heterocycles. The van der Waals surface area contributed by atoms with Crippen LogP contribution in [0.3, 0.4) is 0 Å². The van der Waals surface area contributed by atoms with Crippen LogP contribution in [0.2, 0.25) is 0 Å². The molecule has 1 aromatic carbocycles. The average Bonchev–Trinajstić information content (AvgIpc) is 2.51. The first-order valence-corrected chi connectivity index (χ1v) is 7.02. The summed E-state index contributed by atoms with van der Waals surface area (Å²) >= 11 is 0. The summed E-state index contributed by atoms with van der Waals surface area (Å²) in [5.74, 6) is 0.535. The third-order valence-electron chi connectivity index (χ3n) is 3.80. The minimum atomic E-state index is 0.260. The topological polar surface area (TPSA) is 30.0 Å². The van der Waals surface area contributed by atoms with E-state index in [0.29, 0.717) is 6.42 Å². The van der Waals surface area contributed by atoms with Crippen molar-refractivity contribution >= 4 is 11.9 Å². The molecule has 0 N–H and O–H groups in total. The molecule has 0 radical (unpaired) electrons. The Hall–Kier alpha value is -2.22. The zero-order valence-corrected chi connectivity index (χ0v) is 11.3. The van der Waals surface area contributed by atoms with Crippen molar-refractivity contribution in [3.63, 3.8) is 0 Å². The SMILES string of the molecule is O=C1CC(c2ccccn2)CC/C1=C/c1ccccc1. The van der Waals surface area contributed by atoms with Crippen LogP contribution in [0.5, 0.6) is 0 Å². The first-order valence-electron chi connectivity index (χ1n) is 7.02. The maximum Gasteiger partial charge on any atom is 0.159 e. The van der Waals surface area contributed by atoms with Gasteiger partial charge in [-0.25, -0.2) is 0 Å². The summed E-state index contributed by atoms with van der Waals surface area (Å²) in [4.78, 5) is 16.7. The molecule has 1 unspecified atom stereocenters. The van der Waals surface area contributed by atoms with Gasteiger partial charge in [0.15, 0.2) is 5.78 Å². The third-order valence-corrected chi connectivity index (χ3v) is 3.80. The molecule has 0 spiro atoms. The number of nitrogens with zero attached hydrogens (tertiary/aromatic N) is 1. The summed E-state index contributed by atoms with van der Waals surface area (Å²) in [6.07, 6.45) is 6.25. The Balaban J connectivity index is 1.75. The van der Waals surface area contributed by atoms with Crippen LogP contribution < -0.4 is 0 Å². The lowest BCUT2D eigenvalue weighted by Crippen LogP contribution is -2.17. The first-order chi connectivity index (χ1) is 9.83. The van der Waals surface area contributed by atoms with E-state index in [-0.39, 0.29) is 11.7 Å². The largest absolute Gasteiger partial charge is 0.295 e. The number of ketones is 1. The van der Waals surface area contributed by atoms with Gasteiger partial charge < -0.3 is 0 Å². The molecule has 0 bridgehead atoms. The van der Waals surface area contributed by atoms with Gasteiger partial charge >= 0.3 is 0 Å². The van der Waals surface area contributed by atoms with Gasteiger partial charge in [-0.1, -0.05) is 36.4 Å². The van der Waals surface area contributed by atoms with E-state index in [2.05, 4.69) is 4.98 Å². The minimum absolute atomic E-state index is 0.260. The summed E-state index contributed by atoms with van der Waals surface area (Å²) in [6.45, 7) is 0.